The quantitative estimate of drug-likeness (QED) is 0.768. The summed E-state index contributed by atoms with van der Waals surface area (Å²) in [5, 5.41) is 6.04. The molecule has 19 heavy (non-hydrogen) atoms. The van der Waals surface area contributed by atoms with Crippen LogP contribution in [0.3, 0.4) is 0 Å². The van der Waals surface area contributed by atoms with Gasteiger partial charge in [-0.1, -0.05) is 42.5 Å². The molecule has 0 saturated heterocycles. The van der Waals surface area contributed by atoms with Crippen molar-refractivity contribution in [2.45, 2.75) is 25.3 Å². The lowest BCUT2D eigenvalue weighted by molar-refractivity contribution is 0.189. The second kappa shape index (κ2) is 7.27. The molecule has 0 amide bonds. The first kappa shape index (κ1) is 14.0. The monoisotopic (exact) mass is 257 g/mol. The Kier molecular flexibility index (Phi) is 5.37. The highest BCUT2D eigenvalue weighted by Gasteiger charge is 2.07. The van der Waals surface area contributed by atoms with Crippen molar-refractivity contribution in [2.24, 2.45) is 0 Å². The summed E-state index contributed by atoms with van der Waals surface area (Å²) in [7, 11) is 3.80. The Labute approximate surface area is 115 Å². The molecule has 0 aliphatic carbocycles. The summed E-state index contributed by atoms with van der Waals surface area (Å²) >= 11 is 0. The van der Waals surface area contributed by atoms with Gasteiger partial charge in [0.15, 0.2) is 0 Å². The van der Waals surface area contributed by atoms with Crippen LogP contribution in [0.5, 0.6) is 0 Å². The lowest BCUT2D eigenvalue weighted by atomic mass is 9.99. The van der Waals surface area contributed by atoms with Gasteiger partial charge in [0.25, 0.3) is 0 Å². The van der Waals surface area contributed by atoms with E-state index in [1.54, 1.807) is 7.11 Å². The van der Waals surface area contributed by atoms with Gasteiger partial charge in [-0.3, -0.25) is 0 Å². The number of likely N-dealkylation sites (N-methyl/N-ethyl adjacent to an activating group) is 1. The van der Waals surface area contributed by atoms with E-state index in [-0.39, 0.29) is 0 Å². The van der Waals surface area contributed by atoms with Crippen LogP contribution in [0, 0.1) is 0 Å². The normalized spacial score (nSPS) is 12.7. The lowest BCUT2D eigenvalue weighted by Gasteiger charge is -2.16. The van der Waals surface area contributed by atoms with E-state index in [0.717, 1.165) is 25.9 Å². The first-order chi connectivity index (χ1) is 9.33. The molecule has 2 nitrogen and oxygen atoms in total. The molecule has 2 aromatic rings. The molecule has 2 rings (SSSR count). The van der Waals surface area contributed by atoms with Gasteiger partial charge in [0, 0.05) is 19.8 Å². The summed E-state index contributed by atoms with van der Waals surface area (Å²) in [5.41, 5.74) is 1.40. The third-order valence-corrected chi connectivity index (χ3v) is 3.61. The lowest BCUT2D eigenvalue weighted by Crippen LogP contribution is -2.27. The van der Waals surface area contributed by atoms with Crippen molar-refractivity contribution in [3.8, 4) is 0 Å². The Balaban J connectivity index is 2.02. The topological polar surface area (TPSA) is 21.3 Å². The number of ether oxygens (including phenoxy) is 1. The van der Waals surface area contributed by atoms with Gasteiger partial charge in [0.05, 0.1) is 0 Å². The predicted molar refractivity (Wildman–Crippen MR) is 81.6 cm³/mol. The van der Waals surface area contributed by atoms with Crippen molar-refractivity contribution in [2.75, 3.05) is 20.8 Å². The SMILES string of the molecule is CNC(CCCOC)Cc1ccc2ccccc2c1. The molecular weight excluding hydrogens is 234 g/mol. The number of rotatable bonds is 7. The summed E-state index contributed by atoms with van der Waals surface area (Å²) < 4.78 is 5.12. The average molecular weight is 257 g/mol. The molecule has 0 bridgehead atoms. The Morgan fingerprint density at radius 3 is 2.63 bits per heavy atom. The number of methoxy groups -OCH3 is 1. The van der Waals surface area contributed by atoms with Gasteiger partial charge in [0.2, 0.25) is 0 Å². The Hall–Kier alpha value is -1.38. The molecule has 2 aromatic carbocycles. The molecule has 0 aliphatic heterocycles. The first-order valence-electron chi connectivity index (χ1n) is 6.97. The fourth-order valence-electron chi connectivity index (χ4n) is 2.47. The van der Waals surface area contributed by atoms with Crippen molar-refractivity contribution in [3.63, 3.8) is 0 Å². The van der Waals surface area contributed by atoms with Crippen LogP contribution in [0.25, 0.3) is 10.8 Å². The molecule has 1 unspecified atom stereocenters. The highest BCUT2D eigenvalue weighted by atomic mass is 16.5. The van der Waals surface area contributed by atoms with Crippen molar-refractivity contribution >= 4 is 10.8 Å². The zero-order chi connectivity index (χ0) is 13.5. The maximum Gasteiger partial charge on any atom is 0.0462 e. The molecule has 0 saturated carbocycles. The largest absolute Gasteiger partial charge is 0.385 e. The summed E-state index contributed by atoms with van der Waals surface area (Å²) in [5.74, 6) is 0. The highest BCUT2D eigenvalue weighted by Crippen LogP contribution is 2.17. The fraction of sp³-hybridized carbons (Fsp3) is 0.412. The summed E-state index contributed by atoms with van der Waals surface area (Å²) in [6, 6.07) is 15.8. The highest BCUT2D eigenvalue weighted by molar-refractivity contribution is 5.82. The standard InChI is InChI=1S/C17H23NO/c1-18-17(8-5-11-19-2)13-14-9-10-15-6-3-4-7-16(15)12-14/h3-4,6-7,9-10,12,17-18H,5,8,11,13H2,1-2H3. The Bertz CT molecular complexity index is 509. The van der Waals surface area contributed by atoms with E-state index in [1.807, 2.05) is 7.05 Å². The first-order valence-corrected chi connectivity index (χ1v) is 6.97. The van der Waals surface area contributed by atoms with Gasteiger partial charge in [-0.05, 0) is 42.6 Å². The fourth-order valence-corrected chi connectivity index (χ4v) is 2.47. The predicted octanol–water partition coefficient (Wildman–Crippen LogP) is 3.40. The summed E-state index contributed by atoms with van der Waals surface area (Å²) in [4.78, 5) is 0. The zero-order valence-electron chi connectivity index (χ0n) is 11.9. The molecule has 0 heterocycles. The molecule has 0 fully saturated rings. The van der Waals surface area contributed by atoms with Gasteiger partial charge >= 0.3 is 0 Å². The van der Waals surface area contributed by atoms with Crippen molar-refractivity contribution < 1.29 is 4.74 Å². The second-order valence-electron chi connectivity index (χ2n) is 5.01. The van der Waals surface area contributed by atoms with Crippen LogP contribution in [0.1, 0.15) is 18.4 Å². The third kappa shape index (κ3) is 4.05. The van der Waals surface area contributed by atoms with Crippen LogP contribution in [-0.2, 0) is 11.2 Å². The van der Waals surface area contributed by atoms with E-state index in [0.29, 0.717) is 6.04 Å². The number of fused-ring (bicyclic) bond motifs is 1. The maximum absolute atomic E-state index is 5.12. The van der Waals surface area contributed by atoms with E-state index >= 15 is 0 Å². The second-order valence-corrected chi connectivity index (χ2v) is 5.01. The van der Waals surface area contributed by atoms with Gasteiger partial charge < -0.3 is 10.1 Å². The Morgan fingerprint density at radius 2 is 1.89 bits per heavy atom. The van der Waals surface area contributed by atoms with Gasteiger partial charge in [-0.15, -0.1) is 0 Å². The third-order valence-electron chi connectivity index (χ3n) is 3.61. The molecule has 102 valence electrons. The number of hydrogen-bond donors (Lipinski definition) is 1. The van der Waals surface area contributed by atoms with E-state index < -0.39 is 0 Å². The smallest absolute Gasteiger partial charge is 0.0462 e. The average Bonchev–Trinajstić information content (AvgIpc) is 2.46. The van der Waals surface area contributed by atoms with Gasteiger partial charge in [0.1, 0.15) is 0 Å². The maximum atomic E-state index is 5.12. The molecule has 2 heteroatoms. The van der Waals surface area contributed by atoms with Crippen molar-refractivity contribution in [1.82, 2.24) is 5.32 Å². The van der Waals surface area contributed by atoms with Gasteiger partial charge in [-0.2, -0.15) is 0 Å². The number of benzene rings is 2. The van der Waals surface area contributed by atoms with E-state index in [2.05, 4.69) is 47.8 Å². The molecule has 0 aromatic heterocycles. The minimum Gasteiger partial charge on any atom is -0.385 e. The molecule has 1 atom stereocenters. The van der Waals surface area contributed by atoms with Crippen LogP contribution in [0.2, 0.25) is 0 Å². The van der Waals surface area contributed by atoms with Crippen molar-refractivity contribution in [3.05, 3.63) is 48.0 Å². The van der Waals surface area contributed by atoms with Gasteiger partial charge in [-0.25, -0.2) is 0 Å². The van der Waals surface area contributed by atoms with E-state index in [1.165, 1.54) is 16.3 Å². The molecule has 1 N–H and O–H groups in total. The summed E-state index contributed by atoms with van der Waals surface area (Å²) in [6.45, 7) is 0.843. The molecular formula is C17H23NO. The number of hydrogen-bond acceptors (Lipinski definition) is 2. The van der Waals surface area contributed by atoms with E-state index in [4.69, 9.17) is 4.74 Å². The van der Waals surface area contributed by atoms with Crippen LogP contribution in [-0.4, -0.2) is 26.8 Å². The van der Waals surface area contributed by atoms with Crippen LogP contribution < -0.4 is 5.32 Å². The molecule has 0 aliphatic rings. The zero-order valence-corrected chi connectivity index (χ0v) is 11.9. The molecule has 0 spiro atoms. The van der Waals surface area contributed by atoms with Crippen molar-refractivity contribution in [1.29, 1.82) is 0 Å². The van der Waals surface area contributed by atoms with E-state index in [9.17, 15) is 0 Å². The Morgan fingerprint density at radius 1 is 1.11 bits per heavy atom. The number of nitrogens with one attached hydrogen (secondary N) is 1. The minimum absolute atomic E-state index is 0.524. The minimum atomic E-state index is 0.524. The molecule has 0 radical (unpaired) electrons. The van der Waals surface area contributed by atoms with Crippen LogP contribution in [0.15, 0.2) is 42.5 Å². The van der Waals surface area contributed by atoms with Crippen LogP contribution in [0.4, 0.5) is 0 Å². The van der Waals surface area contributed by atoms with Crippen LogP contribution >= 0.6 is 0 Å². The summed E-state index contributed by atoms with van der Waals surface area (Å²) in [6.07, 6.45) is 3.33.